The molecular weight excluding hydrogens is 406 g/mol. The number of nitrogens with zero attached hydrogens (tertiary/aromatic N) is 3. The molecule has 0 aromatic heterocycles. The average molecular weight is 432 g/mol. The number of urea groups is 1. The molecule has 3 amide bonds. The molecule has 0 saturated heterocycles. The Morgan fingerprint density at radius 3 is 2.23 bits per heavy atom. The molecule has 3 rings (SSSR count). The van der Waals surface area contributed by atoms with Gasteiger partial charge < -0.3 is 9.64 Å². The summed E-state index contributed by atoms with van der Waals surface area (Å²) in [5.74, 6) is 0.311. The summed E-state index contributed by atoms with van der Waals surface area (Å²) in [6.45, 7) is 6.76. The van der Waals surface area contributed by atoms with Crippen LogP contribution in [0.4, 0.5) is 16.2 Å². The van der Waals surface area contributed by atoms with Crippen molar-refractivity contribution in [2.75, 3.05) is 35.4 Å². The highest BCUT2D eigenvalue weighted by molar-refractivity contribution is 7.94. The number of fused-ring (bicyclic) bond motifs is 1. The standard InChI is InChI=1S/C21H25N3O5S/c1-4-22(5-2)20(25)15-23-18-9-7-8-10-19(18)30(27,28)24(21(23)26)16-11-13-17(14-12-16)29-6-3/h7-14H,4-6,15H2,1-3H3. The minimum atomic E-state index is -4.13. The van der Waals surface area contributed by atoms with Gasteiger partial charge in [-0.1, -0.05) is 12.1 Å². The summed E-state index contributed by atoms with van der Waals surface area (Å²) in [6, 6.07) is 11.6. The zero-order chi connectivity index (χ0) is 21.9. The van der Waals surface area contributed by atoms with Gasteiger partial charge >= 0.3 is 6.03 Å². The molecule has 8 nitrogen and oxygen atoms in total. The quantitative estimate of drug-likeness (QED) is 0.672. The van der Waals surface area contributed by atoms with E-state index < -0.39 is 16.1 Å². The first-order valence-electron chi connectivity index (χ1n) is 9.81. The van der Waals surface area contributed by atoms with Crippen molar-refractivity contribution >= 4 is 33.3 Å². The Labute approximate surface area is 176 Å². The zero-order valence-corrected chi connectivity index (χ0v) is 18.1. The fourth-order valence-electron chi connectivity index (χ4n) is 3.37. The number of ether oxygens (including phenoxy) is 1. The molecule has 30 heavy (non-hydrogen) atoms. The minimum Gasteiger partial charge on any atom is -0.494 e. The van der Waals surface area contributed by atoms with Crippen molar-refractivity contribution in [1.29, 1.82) is 0 Å². The Bertz CT molecular complexity index is 1030. The van der Waals surface area contributed by atoms with Crippen LogP contribution in [0.5, 0.6) is 5.75 Å². The maximum absolute atomic E-state index is 13.3. The van der Waals surface area contributed by atoms with Crippen LogP contribution in [0.1, 0.15) is 20.8 Å². The van der Waals surface area contributed by atoms with Crippen LogP contribution in [0.25, 0.3) is 0 Å². The first kappa shape index (κ1) is 21.6. The van der Waals surface area contributed by atoms with Crippen molar-refractivity contribution in [3.05, 3.63) is 48.5 Å². The summed E-state index contributed by atoms with van der Waals surface area (Å²) in [5, 5.41) is 0. The predicted octanol–water partition coefficient (Wildman–Crippen LogP) is 3.09. The summed E-state index contributed by atoms with van der Waals surface area (Å²) < 4.78 is 32.6. The second kappa shape index (κ2) is 8.74. The lowest BCUT2D eigenvalue weighted by Crippen LogP contribution is -2.54. The molecule has 0 fully saturated rings. The van der Waals surface area contributed by atoms with Crippen LogP contribution in [0.2, 0.25) is 0 Å². The third-order valence-corrected chi connectivity index (χ3v) is 6.62. The third-order valence-electron chi connectivity index (χ3n) is 4.87. The molecular formula is C21H25N3O5S. The Kier molecular flexibility index (Phi) is 6.31. The number of hydrogen-bond acceptors (Lipinski definition) is 5. The predicted molar refractivity (Wildman–Crippen MR) is 114 cm³/mol. The van der Waals surface area contributed by atoms with E-state index in [-0.39, 0.29) is 28.7 Å². The molecule has 2 aromatic rings. The van der Waals surface area contributed by atoms with E-state index in [4.69, 9.17) is 4.74 Å². The topological polar surface area (TPSA) is 87.2 Å². The van der Waals surface area contributed by atoms with Crippen molar-refractivity contribution in [2.45, 2.75) is 25.7 Å². The molecule has 1 aliphatic rings. The number of carbonyl (C=O) groups excluding carboxylic acids is 2. The van der Waals surface area contributed by atoms with E-state index in [0.29, 0.717) is 25.4 Å². The van der Waals surface area contributed by atoms with E-state index in [1.807, 2.05) is 20.8 Å². The van der Waals surface area contributed by atoms with Gasteiger partial charge in [0.1, 0.15) is 17.2 Å². The molecule has 2 aromatic carbocycles. The molecule has 1 heterocycles. The van der Waals surface area contributed by atoms with E-state index in [9.17, 15) is 18.0 Å². The molecule has 0 spiro atoms. The van der Waals surface area contributed by atoms with Crippen LogP contribution in [-0.4, -0.2) is 51.5 Å². The molecule has 0 atom stereocenters. The van der Waals surface area contributed by atoms with Gasteiger partial charge in [0, 0.05) is 13.1 Å². The number of rotatable bonds is 7. The van der Waals surface area contributed by atoms with Gasteiger partial charge in [0.2, 0.25) is 5.91 Å². The van der Waals surface area contributed by atoms with E-state index in [1.165, 1.54) is 29.2 Å². The second-order valence-electron chi connectivity index (χ2n) is 6.60. The van der Waals surface area contributed by atoms with Gasteiger partial charge in [-0.25, -0.2) is 13.2 Å². The lowest BCUT2D eigenvalue weighted by atomic mass is 10.2. The fourth-order valence-corrected chi connectivity index (χ4v) is 4.96. The molecule has 0 bridgehead atoms. The lowest BCUT2D eigenvalue weighted by molar-refractivity contribution is -0.129. The Hall–Kier alpha value is -3.07. The third kappa shape index (κ3) is 3.85. The number of likely N-dealkylation sites (N-methyl/N-ethyl adjacent to an activating group) is 1. The highest BCUT2D eigenvalue weighted by Crippen LogP contribution is 2.37. The second-order valence-corrected chi connectivity index (χ2v) is 8.35. The largest absolute Gasteiger partial charge is 0.494 e. The zero-order valence-electron chi connectivity index (χ0n) is 17.2. The number of hydrogen-bond donors (Lipinski definition) is 0. The van der Waals surface area contributed by atoms with Gasteiger partial charge in [0.15, 0.2) is 0 Å². The van der Waals surface area contributed by atoms with E-state index >= 15 is 0 Å². The van der Waals surface area contributed by atoms with Gasteiger partial charge in [-0.15, -0.1) is 0 Å². The minimum absolute atomic E-state index is 0.0224. The Morgan fingerprint density at radius 1 is 1.00 bits per heavy atom. The first-order valence-corrected chi connectivity index (χ1v) is 11.3. The molecule has 1 aliphatic heterocycles. The van der Waals surface area contributed by atoms with Gasteiger partial charge in [-0.2, -0.15) is 4.31 Å². The number of sulfonamides is 1. The number of anilines is 2. The number of amides is 3. The Morgan fingerprint density at radius 2 is 1.63 bits per heavy atom. The average Bonchev–Trinajstić information content (AvgIpc) is 2.73. The molecule has 0 N–H and O–H groups in total. The molecule has 160 valence electrons. The van der Waals surface area contributed by atoms with Crippen molar-refractivity contribution < 1.29 is 22.7 Å². The highest BCUT2D eigenvalue weighted by Gasteiger charge is 2.43. The maximum Gasteiger partial charge on any atom is 0.343 e. The number of carbonyl (C=O) groups is 2. The van der Waals surface area contributed by atoms with Gasteiger partial charge in [0.05, 0.1) is 18.0 Å². The van der Waals surface area contributed by atoms with Crippen LogP contribution in [0, 0.1) is 0 Å². The lowest BCUT2D eigenvalue weighted by Gasteiger charge is -2.36. The molecule has 0 aliphatic carbocycles. The van der Waals surface area contributed by atoms with Crippen LogP contribution in [-0.2, 0) is 14.8 Å². The van der Waals surface area contributed by atoms with Crippen molar-refractivity contribution in [1.82, 2.24) is 4.90 Å². The van der Waals surface area contributed by atoms with Crippen molar-refractivity contribution in [3.63, 3.8) is 0 Å². The smallest absolute Gasteiger partial charge is 0.343 e. The molecule has 0 saturated carbocycles. The summed E-state index contributed by atoms with van der Waals surface area (Å²) >= 11 is 0. The van der Waals surface area contributed by atoms with Crippen LogP contribution in [0.15, 0.2) is 53.4 Å². The summed E-state index contributed by atoms with van der Waals surface area (Å²) in [5.41, 5.74) is 0.378. The Balaban J connectivity index is 2.07. The molecule has 0 unspecified atom stereocenters. The van der Waals surface area contributed by atoms with Crippen LogP contribution >= 0.6 is 0 Å². The number of benzene rings is 2. The molecule has 0 radical (unpaired) electrons. The summed E-state index contributed by atoms with van der Waals surface area (Å²) in [4.78, 5) is 28.8. The summed E-state index contributed by atoms with van der Waals surface area (Å²) in [6.07, 6.45) is 0. The normalized spacial score (nSPS) is 15.0. The summed E-state index contributed by atoms with van der Waals surface area (Å²) in [7, 11) is -4.13. The number of para-hydroxylation sites is 1. The SMILES string of the molecule is CCOc1ccc(N2C(=O)N(CC(=O)N(CC)CC)c3ccccc3S2(=O)=O)cc1. The van der Waals surface area contributed by atoms with Crippen LogP contribution in [0.3, 0.4) is 0 Å². The molecule has 9 heteroatoms. The van der Waals surface area contributed by atoms with Gasteiger partial charge in [-0.3, -0.25) is 9.69 Å². The van der Waals surface area contributed by atoms with E-state index in [2.05, 4.69) is 0 Å². The maximum atomic E-state index is 13.3. The monoisotopic (exact) mass is 431 g/mol. The van der Waals surface area contributed by atoms with Gasteiger partial charge in [-0.05, 0) is 57.2 Å². The first-order chi connectivity index (χ1) is 14.3. The van der Waals surface area contributed by atoms with Crippen LogP contribution < -0.4 is 13.9 Å². The van der Waals surface area contributed by atoms with E-state index in [0.717, 1.165) is 4.31 Å². The van der Waals surface area contributed by atoms with Crippen molar-refractivity contribution in [3.8, 4) is 5.75 Å². The highest BCUT2D eigenvalue weighted by atomic mass is 32.2. The van der Waals surface area contributed by atoms with Gasteiger partial charge in [0.25, 0.3) is 10.0 Å². The fraction of sp³-hybridized carbons (Fsp3) is 0.333. The van der Waals surface area contributed by atoms with E-state index in [1.54, 1.807) is 29.2 Å². The van der Waals surface area contributed by atoms with Crippen molar-refractivity contribution in [2.24, 2.45) is 0 Å².